The third kappa shape index (κ3) is 4.74. The minimum Gasteiger partial charge on any atom is -0.457 e. The molecule has 26 heavy (non-hydrogen) atoms. The van der Waals surface area contributed by atoms with E-state index in [2.05, 4.69) is 17.4 Å². The maximum Gasteiger partial charge on any atom is 0.409 e. The molecule has 1 heterocycles. The van der Waals surface area contributed by atoms with Gasteiger partial charge in [0.25, 0.3) is 0 Å². The fraction of sp³-hybridized carbons (Fsp3) is 0.350. The summed E-state index contributed by atoms with van der Waals surface area (Å²) in [6.45, 7) is 2.51. The molecule has 3 rings (SSSR count). The van der Waals surface area contributed by atoms with Crippen LogP contribution >= 0.6 is 0 Å². The lowest BCUT2D eigenvalue weighted by molar-refractivity contribution is 0.194. The van der Waals surface area contributed by atoms with Crippen molar-refractivity contribution in [2.45, 2.75) is 25.8 Å². The van der Waals surface area contributed by atoms with E-state index in [9.17, 15) is 4.79 Å². The summed E-state index contributed by atoms with van der Waals surface area (Å²) < 4.78 is 16.1. The number of methoxy groups -OCH3 is 1. The smallest absolute Gasteiger partial charge is 0.409 e. The number of amides is 1. The molecule has 0 radical (unpaired) electrons. The summed E-state index contributed by atoms with van der Waals surface area (Å²) >= 11 is 0. The molecular formula is C20H24N2O4. The molecule has 2 aromatic rings. The lowest BCUT2D eigenvalue weighted by atomic mass is 10.0. The van der Waals surface area contributed by atoms with Crippen LogP contribution in [0.2, 0.25) is 0 Å². The number of primary amides is 1. The lowest BCUT2D eigenvalue weighted by Gasteiger charge is -2.11. The SMILES string of the molecule is COCCCNCc1ccc2c(c1)CCc1cc(OC(N)=O)ccc1O2. The zero-order valence-electron chi connectivity index (χ0n) is 14.9. The Morgan fingerprint density at radius 3 is 2.62 bits per heavy atom. The van der Waals surface area contributed by atoms with E-state index in [1.54, 1.807) is 13.2 Å². The first kappa shape index (κ1) is 18.2. The third-order valence-electron chi connectivity index (χ3n) is 4.29. The number of benzene rings is 2. The van der Waals surface area contributed by atoms with Crippen molar-refractivity contribution in [1.29, 1.82) is 0 Å². The number of aryl methyl sites for hydroxylation is 2. The molecule has 1 aliphatic heterocycles. The fourth-order valence-electron chi connectivity index (χ4n) is 3.03. The largest absolute Gasteiger partial charge is 0.457 e. The van der Waals surface area contributed by atoms with Gasteiger partial charge in [-0.2, -0.15) is 0 Å². The van der Waals surface area contributed by atoms with Crippen LogP contribution in [0, 0.1) is 0 Å². The second-order valence-corrected chi connectivity index (χ2v) is 6.26. The minimum absolute atomic E-state index is 0.437. The number of carbonyl (C=O) groups is 1. The van der Waals surface area contributed by atoms with Gasteiger partial charge in [-0.3, -0.25) is 0 Å². The zero-order chi connectivity index (χ0) is 18.4. The topological polar surface area (TPSA) is 82.8 Å². The second kappa shape index (κ2) is 8.69. The first-order chi connectivity index (χ1) is 12.7. The summed E-state index contributed by atoms with van der Waals surface area (Å²) in [5.74, 6) is 2.09. The Morgan fingerprint density at radius 2 is 1.88 bits per heavy atom. The summed E-state index contributed by atoms with van der Waals surface area (Å²) in [5.41, 5.74) is 8.48. The Balaban J connectivity index is 1.67. The van der Waals surface area contributed by atoms with E-state index in [0.29, 0.717) is 5.75 Å². The van der Waals surface area contributed by atoms with Gasteiger partial charge in [-0.05, 0) is 66.8 Å². The molecule has 138 valence electrons. The Kier molecular flexibility index (Phi) is 6.09. The van der Waals surface area contributed by atoms with Crippen molar-refractivity contribution >= 4 is 6.09 Å². The zero-order valence-corrected chi connectivity index (χ0v) is 14.9. The molecule has 6 nitrogen and oxygen atoms in total. The van der Waals surface area contributed by atoms with Gasteiger partial charge in [0.2, 0.25) is 0 Å². The van der Waals surface area contributed by atoms with Crippen molar-refractivity contribution in [1.82, 2.24) is 5.32 Å². The number of nitrogens with two attached hydrogens (primary N) is 1. The van der Waals surface area contributed by atoms with Gasteiger partial charge in [0, 0.05) is 20.3 Å². The van der Waals surface area contributed by atoms with Crippen LogP contribution in [0.5, 0.6) is 17.2 Å². The van der Waals surface area contributed by atoms with Crippen LogP contribution in [0.3, 0.4) is 0 Å². The van der Waals surface area contributed by atoms with Gasteiger partial charge in [-0.15, -0.1) is 0 Å². The Bertz CT molecular complexity index is 776. The van der Waals surface area contributed by atoms with Gasteiger partial charge in [-0.1, -0.05) is 12.1 Å². The fourth-order valence-corrected chi connectivity index (χ4v) is 3.03. The molecule has 1 amide bonds. The molecule has 0 spiro atoms. The molecule has 6 heteroatoms. The van der Waals surface area contributed by atoms with Crippen LogP contribution in [0.1, 0.15) is 23.1 Å². The molecule has 0 saturated heterocycles. The lowest BCUT2D eigenvalue weighted by Crippen LogP contribution is -2.16. The van der Waals surface area contributed by atoms with E-state index in [0.717, 1.165) is 56.0 Å². The summed E-state index contributed by atoms with van der Waals surface area (Å²) in [6.07, 6.45) is 1.85. The first-order valence-corrected chi connectivity index (χ1v) is 8.75. The van der Waals surface area contributed by atoms with Crippen LogP contribution in [0.25, 0.3) is 0 Å². The van der Waals surface area contributed by atoms with Crippen molar-refractivity contribution in [3.05, 3.63) is 53.1 Å². The molecular weight excluding hydrogens is 332 g/mol. The normalized spacial score (nSPS) is 12.5. The number of carbonyl (C=O) groups excluding carboxylic acids is 1. The number of fused-ring (bicyclic) bond motifs is 2. The molecule has 1 aliphatic rings. The van der Waals surface area contributed by atoms with E-state index in [4.69, 9.17) is 19.9 Å². The standard InChI is InChI=1S/C20H24N2O4/c1-24-10-2-9-22-13-14-3-7-18-15(11-14)4-5-16-12-17(25-20(21)23)6-8-19(16)26-18/h3,6-8,11-12,22H,2,4-5,9-10,13H2,1H3,(H2,21,23). The van der Waals surface area contributed by atoms with Crippen LogP contribution in [0.4, 0.5) is 4.79 Å². The highest BCUT2D eigenvalue weighted by Crippen LogP contribution is 2.35. The minimum atomic E-state index is -0.814. The molecule has 0 atom stereocenters. The Hall–Kier alpha value is -2.57. The summed E-state index contributed by atoms with van der Waals surface area (Å²) in [6, 6.07) is 11.6. The maximum atomic E-state index is 10.9. The van der Waals surface area contributed by atoms with Crippen LogP contribution < -0.4 is 20.5 Å². The summed E-state index contributed by atoms with van der Waals surface area (Å²) in [4.78, 5) is 10.9. The van der Waals surface area contributed by atoms with E-state index in [1.165, 1.54) is 11.1 Å². The molecule has 0 aliphatic carbocycles. The van der Waals surface area contributed by atoms with Crippen molar-refractivity contribution in [2.24, 2.45) is 5.73 Å². The van der Waals surface area contributed by atoms with Gasteiger partial charge in [0.1, 0.15) is 17.2 Å². The van der Waals surface area contributed by atoms with E-state index in [1.807, 2.05) is 18.2 Å². The number of nitrogens with one attached hydrogen (secondary N) is 1. The van der Waals surface area contributed by atoms with E-state index >= 15 is 0 Å². The molecule has 0 fully saturated rings. The monoisotopic (exact) mass is 356 g/mol. The molecule has 0 aromatic heterocycles. The van der Waals surface area contributed by atoms with Gasteiger partial charge < -0.3 is 25.3 Å². The number of hydrogen-bond acceptors (Lipinski definition) is 5. The van der Waals surface area contributed by atoms with Crippen LogP contribution in [-0.2, 0) is 24.1 Å². The highest BCUT2D eigenvalue weighted by atomic mass is 16.5. The van der Waals surface area contributed by atoms with Gasteiger partial charge in [-0.25, -0.2) is 4.79 Å². The quantitative estimate of drug-likeness (QED) is 0.745. The summed E-state index contributed by atoms with van der Waals surface area (Å²) in [7, 11) is 1.72. The number of hydrogen-bond donors (Lipinski definition) is 2. The predicted octanol–water partition coefficient (Wildman–Crippen LogP) is 3.16. The maximum absolute atomic E-state index is 10.9. The molecule has 0 unspecified atom stereocenters. The molecule has 2 aromatic carbocycles. The van der Waals surface area contributed by atoms with Crippen LogP contribution in [0.15, 0.2) is 36.4 Å². The average molecular weight is 356 g/mol. The highest BCUT2D eigenvalue weighted by Gasteiger charge is 2.16. The second-order valence-electron chi connectivity index (χ2n) is 6.26. The van der Waals surface area contributed by atoms with Gasteiger partial charge >= 0.3 is 6.09 Å². The molecule has 3 N–H and O–H groups in total. The molecule has 0 saturated carbocycles. The van der Waals surface area contributed by atoms with Crippen LogP contribution in [-0.4, -0.2) is 26.4 Å². The van der Waals surface area contributed by atoms with Crippen molar-refractivity contribution in [3.63, 3.8) is 0 Å². The number of rotatable bonds is 7. The Labute approximate surface area is 153 Å². The van der Waals surface area contributed by atoms with Gasteiger partial charge in [0.15, 0.2) is 0 Å². The average Bonchev–Trinajstić information content (AvgIpc) is 2.80. The highest BCUT2D eigenvalue weighted by molar-refractivity contribution is 5.68. The summed E-state index contributed by atoms with van der Waals surface area (Å²) in [5, 5.41) is 3.42. The predicted molar refractivity (Wildman–Crippen MR) is 98.8 cm³/mol. The van der Waals surface area contributed by atoms with Crippen molar-refractivity contribution in [3.8, 4) is 17.2 Å². The van der Waals surface area contributed by atoms with Crippen molar-refractivity contribution < 1.29 is 19.0 Å². The van der Waals surface area contributed by atoms with E-state index < -0.39 is 6.09 Å². The van der Waals surface area contributed by atoms with Crippen molar-refractivity contribution in [2.75, 3.05) is 20.3 Å². The van der Waals surface area contributed by atoms with Gasteiger partial charge in [0.05, 0.1) is 0 Å². The molecule has 0 bridgehead atoms. The number of ether oxygens (including phenoxy) is 3. The Morgan fingerprint density at radius 1 is 1.15 bits per heavy atom. The first-order valence-electron chi connectivity index (χ1n) is 8.75. The third-order valence-corrected chi connectivity index (χ3v) is 4.29. The van der Waals surface area contributed by atoms with E-state index in [-0.39, 0.29) is 0 Å².